The van der Waals surface area contributed by atoms with Crippen LogP contribution in [-0.4, -0.2) is 36.3 Å². The summed E-state index contributed by atoms with van der Waals surface area (Å²) in [7, 11) is 1.91. The fraction of sp³-hybridized carbons (Fsp3) is 0.300. The van der Waals surface area contributed by atoms with Crippen LogP contribution in [-0.2, 0) is 16.1 Å². The Bertz CT molecular complexity index is 807. The first-order chi connectivity index (χ1) is 12.4. The van der Waals surface area contributed by atoms with Crippen LogP contribution in [0.3, 0.4) is 0 Å². The molecule has 26 heavy (non-hydrogen) atoms. The highest BCUT2D eigenvalue weighted by Crippen LogP contribution is 2.31. The van der Waals surface area contributed by atoms with E-state index in [0.29, 0.717) is 17.3 Å². The average molecular weight is 372 g/mol. The van der Waals surface area contributed by atoms with Gasteiger partial charge in [0.2, 0.25) is 11.8 Å². The van der Waals surface area contributed by atoms with Gasteiger partial charge in [0.05, 0.1) is 17.9 Å². The molecular formula is C20H22ClN3O2. The van der Waals surface area contributed by atoms with Crippen LogP contribution >= 0.6 is 11.6 Å². The molecule has 5 nitrogen and oxygen atoms in total. The van der Waals surface area contributed by atoms with E-state index in [2.05, 4.69) is 5.32 Å². The summed E-state index contributed by atoms with van der Waals surface area (Å²) in [5, 5.41) is 3.57. The summed E-state index contributed by atoms with van der Waals surface area (Å²) in [6, 6.07) is 14.8. The molecule has 0 aromatic heterocycles. The molecule has 1 aliphatic heterocycles. The monoisotopic (exact) mass is 371 g/mol. The van der Waals surface area contributed by atoms with E-state index in [0.717, 1.165) is 11.3 Å². The molecule has 0 radical (unpaired) electrons. The first-order valence-corrected chi connectivity index (χ1v) is 8.96. The Labute approximate surface area is 158 Å². The van der Waals surface area contributed by atoms with Crippen molar-refractivity contribution in [3.8, 4) is 0 Å². The number of nitrogens with zero attached hydrogens (tertiary/aromatic N) is 2. The maximum Gasteiger partial charge on any atom is 0.241 e. The minimum absolute atomic E-state index is 0.0297. The minimum atomic E-state index is -0.199. The van der Waals surface area contributed by atoms with Crippen LogP contribution in [0.2, 0.25) is 5.02 Å². The average Bonchev–Trinajstić information content (AvgIpc) is 2.71. The van der Waals surface area contributed by atoms with Crippen LogP contribution in [0.4, 0.5) is 11.4 Å². The lowest BCUT2D eigenvalue weighted by Gasteiger charge is -2.29. The van der Waals surface area contributed by atoms with Gasteiger partial charge in [0.15, 0.2) is 0 Å². The van der Waals surface area contributed by atoms with E-state index in [9.17, 15) is 9.59 Å². The van der Waals surface area contributed by atoms with E-state index in [1.54, 1.807) is 4.90 Å². The van der Waals surface area contributed by atoms with Gasteiger partial charge < -0.3 is 10.2 Å². The van der Waals surface area contributed by atoms with E-state index >= 15 is 0 Å². The molecule has 0 spiro atoms. The Balaban J connectivity index is 1.75. The number of benzene rings is 2. The maximum absolute atomic E-state index is 13.0. The molecule has 2 amide bonds. The van der Waals surface area contributed by atoms with Gasteiger partial charge >= 0.3 is 0 Å². The van der Waals surface area contributed by atoms with Gasteiger partial charge in [-0.05, 0) is 43.8 Å². The topological polar surface area (TPSA) is 52.7 Å². The summed E-state index contributed by atoms with van der Waals surface area (Å²) >= 11 is 5.92. The fourth-order valence-electron chi connectivity index (χ4n) is 3.23. The number of carbonyl (C=O) groups excluding carboxylic acids is 2. The molecule has 0 unspecified atom stereocenters. The zero-order chi connectivity index (χ0) is 18.7. The quantitative estimate of drug-likeness (QED) is 0.894. The highest BCUT2D eigenvalue weighted by Gasteiger charge is 2.29. The van der Waals surface area contributed by atoms with Crippen LogP contribution in [0.1, 0.15) is 18.9 Å². The van der Waals surface area contributed by atoms with Crippen molar-refractivity contribution in [2.24, 2.45) is 0 Å². The van der Waals surface area contributed by atoms with Gasteiger partial charge in [-0.25, -0.2) is 0 Å². The zero-order valence-corrected chi connectivity index (χ0v) is 15.7. The second kappa shape index (κ2) is 7.89. The number of nitrogens with one attached hydrogen (secondary N) is 1. The highest BCUT2D eigenvalue weighted by atomic mass is 35.5. The molecule has 0 saturated heterocycles. The molecule has 136 valence electrons. The van der Waals surface area contributed by atoms with E-state index < -0.39 is 0 Å². The van der Waals surface area contributed by atoms with Crippen molar-refractivity contribution in [1.29, 1.82) is 0 Å². The van der Waals surface area contributed by atoms with E-state index in [1.807, 2.05) is 67.4 Å². The summed E-state index contributed by atoms with van der Waals surface area (Å²) in [6.45, 7) is 2.80. The number of carbonyl (C=O) groups is 2. The van der Waals surface area contributed by atoms with Crippen LogP contribution < -0.4 is 10.2 Å². The van der Waals surface area contributed by atoms with Crippen molar-refractivity contribution in [2.75, 3.05) is 23.8 Å². The number of amides is 2. The molecule has 0 bridgehead atoms. The molecule has 1 aliphatic rings. The van der Waals surface area contributed by atoms with Gasteiger partial charge in [-0.15, -0.1) is 0 Å². The van der Waals surface area contributed by atoms with E-state index in [1.165, 1.54) is 0 Å². The first-order valence-electron chi connectivity index (χ1n) is 8.58. The van der Waals surface area contributed by atoms with Gasteiger partial charge in [0, 0.05) is 24.0 Å². The van der Waals surface area contributed by atoms with Crippen LogP contribution in [0.15, 0.2) is 48.5 Å². The molecule has 1 atom stereocenters. The third-order valence-corrected chi connectivity index (χ3v) is 4.65. The molecule has 0 aliphatic carbocycles. The number of fused-ring (bicyclic) bond motifs is 1. The number of hydrogen-bond acceptors (Lipinski definition) is 3. The molecule has 6 heteroatoms. The molecule has 2 aromatic rings. The van der Waals surface area contributed by atoms with Crippen molar-refractivity contribution in [1.82, 2.24) is 4.90 Å². The second-order valence-corrected chi connectivity index (χ2v) is 7.12. The SMILES string of the molecule is C[C@H]1CC(=O)Nc2ccccc2N1C(=O)CN(C)Cc1ccc(Cl)cc1. The predicted octanol–water partition coefficient (Wildman–Crippen LogP) is 3.54. The van der Waals surface area contributed by atoms with Gasteiger partial charge in [0.25, 0.3) is 0 Å². The van der Waals surface area contributed by atoms with Gasteiger partial charge in [-0.3, -0.25) is 14.5 Å². The summed E-state index contributed by atoms with van der Waals surface area (Å²) in [6.07, 6.45) is 0.279. The largest absolute Gasteiger partial charge is 0.324 e. The number of halogens is 1. The Morgan fingerprint density at radius 3 is 2.65 bits per heavy atom. The lowest BCUT2D eigenvalue weighted by Crippen LogP contribution is -2.44. The Hall–Kier alpha value is -2.37. The van der Waals surface area contributed by atoms with Crippen LogP contribution in [0.25, 0.3) is 0 Å². The highest BCUT2D eigenvalue weighted by molar-refractivity contribution is 6.30. The van der Waals surface area contributed by atoms with Crippen molar-refractivity contribution in [3.63, 3.8) is 0 Å². The molecule has 0 fully saturated rings. The summed E-state index contributed by atoms with van der Waals surface area (Å²) in [5.41, 5.74) is 2.51. The Morgan fingerprint density at radius 2 is 1.92 bits per heavy atom. The zero-order valence-electron chi connectivity index (χ0n) is 14.9. The van der Waals surface area contributed by atoms with Crippen LogP contribution in [0, 0.1) is 0 Å². The lowest BCUT2D eigenvalue weighted by molar-refractivity contribution is -0.120. The van der Waals surface area contributed by atoms with Gasteiger partial charge in [-0.1, -0.05) is 35.9 Å². The summed E-state index contributed by atoms with van der Waals surface area (Å²) < 4.78 is 0. The molecule has 2 aromatic carbocycles. The Kier molecular flexibility index (Phi) is 5.59. The van der Waals surface area contributed by atoms with Crippen molar-refractivity contribution < 1.29 is 9.59 Å². The number of likely N-dealkylation sites (N-methyl/N-ethyl adjacent to an activating group) is 1. The van der Waals surface area contributed by atoms with Crippen LogP contribution in [0.5, 0.6) is 0 Å². The number of para-hydroxylation sites is 2. The normalized spacial score (nSPS) is 16.8. The summed E-state index contributed by atoms with van der Waals surface area (Å²) in [4.78, 5) is 28.7. The third-order valence-electron chi connectivity index (χ3n) is 4.40. The van der Waals surface area contributed by atoms with Gasteiger partial charge in [0.1, 0.15) is 0 Å². The minimum Gasteiger partial charge on any atom is -0.324 e. The van der Waals surface area contributed by atoms with Crippen molar-refractivity contribution in [3.05, 3.63) is 59.1 Å². The number of rotatable bonds is 4. The third kappa shape index (κ3) is 4.23. The fourth-order valence-corrected chi connectivity index (χ4v) is 3.36. The van der Waals surface area contributed by atoms with E-state index in [4.69, 9.17) is 11.6 Å². The number of anilines is 2. The molecule has 3 rings (SSSR count). The molecule has 1 heterocycles. The standard InChI is InChI=1S/C20H22ClN3O2/c1-14-11-19(25)22-17-5-3-4-6-18(17)24(14)20(26)13-23(2)12-15-7-9-16(21)10-8-15/h3-10,14H,11-13H2,1-2H3,(H,22,25)/t14-/m0/s1. The lowest BCUT2D eigenvalue weighted by atomic mass is 10.1. The van der Waals surface area contributed by atoms with Crippen molar-refractivity contribution in [2.45, 2.75) is 25.9 Å². The predicted molar refractivity (Wildman–Crippen MR) is 104 cm³/mol. The molecular weight excluding hydrogens is 350 g/mol. The molecule has 0 saturated carbocycles. The van der Waals surface area contributed by atoms with Crippen molar-refractivity contribution >= 4 is 34.8 Å². The summed E-state index contributed by atoms with van der Waals surface area (Å²) in [5.74, 6) is -0.104. The first kappa shape index (κ1) is 18.4. The van der Waals surface area contributed by atoms with Gasteiger partial charge in [-0.2, -0.15) is 0 Å². The Morgan fingerprint density at radius 1 is 1.23 bits per heavy atom. The second-order valence-electron chi connectivity index (χ2n) is 6.68. The van der Waals surface area contributed by atoms with E-state index in [-0.39, 0.29) is 30.8 Å². The smallest absolute Gasteiger partial charge is 0.241 e. The maximum atomic E-state index is 13.0. The number of hydrogen-bond donors (Lipinski definition) is 1. The molecule has 1 N–H and O–H groups in total.